The number of amides is 2. The van der Waals surface area contributed by atoms with E-state index in [2.05, 4.69) is 20.9 Å². The number of carbonyl (C=O) groups excluding carboxylic acids is 2. The molecule has 0 unspecified atom stereocenters. The molecule has 3 aromatic carbocycles. The van der Waals surface area contributed by atoms with Crippen molar-refractivity contribution in [2.45, 2.75) is 49.4 Å². The monoisotopic (exact) mass is 654 g/mol. The van der Waals surface area contributed by atoms with Crippen LogP contribution in [-0.4, -0.2) is 57.5 Å². The maximum absolute atomic E-state index is 14.1. The zero-order valence-electron chi connectivity index (χ0n) is 27.5. The molecule has 0 saturated carbocycles. The minimum atomic E-state index is -0.952. The van der Waals surface area contributed by atoms with Crippen molar-refractivity contribution in [2.24, 2.45) is 0 Å². The van der Waals surface area contributed by atoms with Crippen LogP contribution in [0.2, 0.25) is 0 Å². The molecule has 5 aromatic rings. The third kappa shape index (κ3) is 8.02. The summed E-state index contributed by atoms with van der Waals surface area (Å²) in [6.45, 7) is 0.514. The number of para-hydroxylation sites is 1. The van der Waals surface area contributed by atoms with Gasteiger partial charge in [0.1, 0.15) is 11.9 Å². The van der Waals surface area contributed by atoms with E-state index >= 15 is 0 Å². The van der Waals surface area contributed by atoms with E-state index in [0.29, 0.717) is 36.6 Å². The molecule has 9 nitrogen and oxygen atoms in total. The SMILES string of the molecule is CN[C@@H](Cc1ccccc1)C(=O)N1CCC[C@H]1C(=O)Nc1ccccc1[C@H](Nc1ccccn1)[C@@H](c1ccccn1)[C@@H](O)c1ccccc1. The summed E-state index contributed by atoms with van der Waals surface area (Å²) >= 11 is 0. The highest BCUT2D eigenvalue weighted by atomic mass is 16.3. The van der Waals surface area contributed by atoms with Gasteiger partial charge >= 0.3 is 0 Å². The van der Waals surface area contributed by atoms with Gasteiger partial charge in [-0.25, -0.2) is 4.98 Å². The maximum Gasteiger partial charge on any atom is 0.247 e. The Morgan fingerprint density at radius 1 is 0.837 bits per heavy atom. The fourth-order valence-corrected chi connectivity index (χ4v) is 6.68. The number of aliphatic hydroxyl groups is 1. The Labute approximate surface area is 287 Å². The molecule has 1 saturated heterocycles. The Hall–Kier alpha value is -5.38. The van der Waals surface area contributed by atoms with Gasteiger partial charge in [0.25, 0.3) is 0 Å². The van der Waals surface area contributed by atoms with E-state index in [-0.39, 0.29) is 11.8 Å². The Bertz CT molecular complexity index is 1790. The van der Waals surface area contributed by atoms with Crippen molar-refractivity contribution < 1.29 is 14.7 Å². The Balaban J connectivity index is 1.32. The number of hydrogen-bond acceptors (Lipinski definition) is 7. The molecule has 250 valence electrons. The third-order valence-electron chi connectivity index (χ3n) is 9.16. The first-order chi connectivity index (χ1) is 24.0. The molecule has 49 heavy (non-hydrogen) atoms. The summed E-state index contributed by atoms with van der Waals surface area (Å²) < 4.78 is 0. The van der Waals surface area contributed by atoms with Crippen molar-refractivity contribution in [1.29, 1.82) is 0 Å². The predicted octanol–water partition coefficient (Wildman–Crippen LogP) is 5.91. The first-order valence-corrected chi connectivity index (χ1v) is 16.8. The maximum atomic E-state index is 14.1. The molecular weight excluding hydrogens is 612 g/mol. The van der Waals surface area contributed by atoms with Gasteiger partial charge in [-0.2, -0.15) is 0 Å². The van der Waals surface area contributed by atoms with Crippen LogP contribution in [-0.2, 0) is 16.0 Å². The van der Waals surface area contributed by atoms with Gasteiger partial charge in [0.05, 0.1) is 24.1 Å². The van der Waals surface area contributed by atoms with Crippen molar-refractivity contribution in [3.05, 3.63) is 156 Å². The number of likely N-dealkylation sites (tertiary alicyclic amines) is 1. The summed E-state index contributed by atoms with van der Waals surface area (Å²) in [5.41, 5.74) is 3.80. The van der Waals surface area contributed by atoms with Gasteiger partial charge in [-0.15, -0.1) is 0 Å². The van der Waals surface area contributed by atoms with Crippen LogP contribution in [0, 0.1) is 0 Å². The van der Waals surface area contributed by atoms with Crippen LogP contribution >= 0.6 is 0 Å². The molecule has 4 N–H and O–H groups in total. The lowest BCUT2D eigenvalue weighted by Crippen LogP contribution is -2.51. The van der Waals surface area contributed by atoms with Crippen LogP contribution in [0.5, 0.6) is 0 Å². The largest absolute Gasteiger partial charge is 0.388 e. The minimum Gasteiger partial charge on any atom is -0.388 e. The van der Waals surface area contributed by atoms with Crippen molar-refractivity contribution in [3.63, 3.8) is 0 Å². The van der Waals surface area contributed by atoms with Gasteiger partial charge < -0.3 is 26.0 Å². The molecule has 0 aliphatic carbocycles. The Kier molecular flexibility index (Phi) is 11.0. The first kappa shape index (κ1) is 33.5. The summed E-state index contributed by atoms with van der Waals surface area (Å²) in [6, 6.07) is 36.6. The molecular formula is C40H42N6O3. The smallest absolute Gasteiger partial charge is 0.247 e. The van der Waals surface area contributed by atoms with Crippen molar-refractivity contribution >= 4 is 23.3 Å². The van der Waals surface area contributed by atoms with Crippen LogP contribution < -0.4 is 16.0 Å². The van der Waals surface area contributed by atoms with Crippen LogP contribution in [0.15, 0.2) is 134 Å². The van der Waals surface area contributed by atoms with Gasteiger partial charge in [0, 0.05) is 30.3 Å². The quantitative estimate of drug-likeness (QED) is 0.125. The highest BCUT2D eigenvalue weighted by molar-refractivity contribution is 5.99. The van der Waals surface area contributed by atoms with Crippen molar-refractivity contribution in [1.82, 2.24) is 20.2 Å². The molecule has 3 heterocycles. The molecule has 0 bridgehead atoms. The second-order valence-corrected chi connectivity index (χ2v) is 12.3. The number of likely N-dealkylation sites (N-methyl/N-ethyl adjacent to an activating group) is 1. The number of carbonyl (C=O) groups is 2. The highest BCUT2D eigenvalue weighted by Gasteiger charge is 2.38. The number of anilines is 2. The highest BCUT2D eigenvalue weighted by Crippen LogP contribution is 2.44. The molecule has 0 spiro atoms. The molecule has 1 fully saturated rings. The second kappa shape index (κ2) is 16.1. The standard InChI is InChI=1S/C40H42N6O3/c1-41-33(27-28-15-4-2-5-16-28)40(49)46-26-14-22-34(46)39(48)44-31-20-9-8-19-30(31)37(45-35-23-11-13-25-43-35)36(32-21-10-12-24-42-32)38(47)29-17-6-3-7-18-29/h2-13,15-21,23-25,33-34,36-38,41,47H,14,22,26-27H2,1H3,(H,43,45)(H,44,48)/t33-,34-,36+,37-,38-/m0/s1. The topological polar surface area (TPSA) is 119 Å². The normalized spacial score (nSPS) is 16.7. The number of benzene rings is 3. The van der Waals surface area contributed by atoms with Gasteiger partial charge in [-0.1, -0.05) is 91.0 Å². The second-order valence-electron chi connectivity index (χ2n) is 12.3. The number of rotatable bonds is 13. The first-order valence-electron chi connectivity index (χ1n) is 16.8. The van der Waals surface area contributed by atoms with E-state index in [1.165, 1.54) is 0 Å². The van der Waals surface area contributed by atoms with E-state index in [9.17, 15) is 14.7 Å². The summed E-state index contributed by atoms with van der Waals surface area (Å²) in [6.07, 6.45) is 4.31. The zero-order valence-corrected chi connectivity index (χ0v) is 27.5. The van der Waals surface area contributed by atoms with E-state index in [0.717, 1.165) is 23.1 Å². The number of aliphatic hydroxyl groups excluding tert-OH is 1. The summed E-state index contributed by atoms with van der Waals surface area (Å²) in [5.74, 6) is -0.308. The van der Waals surface area contributed by atoms with E-state index in [1.807, 2.05) is 121 Å². The Morgan fingerprint density at radius 2 is 1.51 bits per heavy atom. The fourth-order valence-electron chi connectivity index (χ4n) is 6.68. The third-order valence-corrected chi connectivity index (χ3v) is 9.16. The van der Waals surface area contributed by atoms with Crippen molar-refractivity contribution in [2.75, 3.05) is 24.2 Å². The van der Waals surface area contributed by atoms with Crippen LogP contribution in [0.25, 0.3) is 0 Å². The van der Waals surface area contributed by atoms with Crippen LogP contribution in [0.1, 0.15) is 53.3 Å². The molecule has 5 atom stereocenters. The predicted molar refractivity (Wildman–Crippen MR) is 192 cm³/mol. The van der Waals surface area contributed by atoms with Crippen LogP contribution in [0.3, 0.4) is 0 Å². The number of aromatic nitrogens is 2. The Morgan fingerprint density at radius 3 is 2.20 bits per heavy atom. The lowest BCUT2D eigenvalue weighted by Gasteiger charge is -2.34. The fraction of sp³-hybridized carbons (Fsp3) is 0.250. The number of nitrogens with zero attached hydrogens (tertiary/aromatic N) is 3. The average molecular weight is 655 g/mol. The molecule has 1 aliphatic rings. The van der Waals surface area contributed by atoms with E-state index in [4.69, 9.17) is 4.98 Å². The summed E-state index contributed by atoms with van der Waals surface area (Å²) in [4.78, 5) is 38.9. The molecule has 2 aromatic heterocycles. The zero-order chi connectivity index (χ0) is 34.0. The molecule has 1 aliphatic heterocycles. The van der Waals surface area contributed by atoms with Gasteiger partial charge in [0.15, 0.2) is 0 Å². The van der Waals surface area contributed by atoms with Crippen LogP contribution in [0.4, 0.5) is 11.5 Å². The summed E-state index contributed by atoms with van der Waals surface area (Å²) in [5, 5.41) is 21.9. The van der Waals surface area contributed by atoms with Gasteiger partial charge in [-0.3, -0.25) is 14.6 Å². The molecule has 9 heteroatoms. The molecule has 0 radical (unpaired) electrons. The van der Waals surface area contributed by atoms with Crippen molar-refractivity contribution in [3.8, 4) is 0 Å². The minimum absolute atomic E-state index is 0.0896. The van der Waals surface area contributed by atoms with E-state index < -0.39 is 30.1 Å². The summed E-state index contributed by atoms with van der Waals surface area (Å²) in [7, 11) is 1.78. The lowest BCUT2D eigenvalue weighted by molar-refractivity contribution is -0.138. The van der Waals surface area contributed by atoms with Gasteiger partial charge in [-0.05, 0) is 73.3 Å². The average Bonchev–Trinajstić information content (AvgIpc) is 3.66. The molecule has 6 rings (SSSR count). The molecule has 2 amide bonds. The van der Waals surface area contributed by atoms with E-state index in [1.54, 1.807) is 24.3 Å². The lowest BCUT2D eigenvalue weighted by atomic mass is 9.82. The number of hydrogen-bond donors (Lipinski definition) is 4. The van der Waals surface area contributed by atoms with Gasteiger partial charge in [0.2, 0.25) is 11.8 Å². The number of pyridine rings is 2. The number of nitrogens with one attached hydrogen (secondary N) is 3.